The molecule has 0 fully saturated rings. The molecule has 0 spiro atoms. The van der Waals surface area contributed by atoms with Crippen LogP contribution in [0, 0.1) is 6.92 Å². The zero-order valence-electron chi connectivity index (χ0n) is 13.3. The smallest absolute Gasteiger partial charge is 0.259 e. The van der Waals surface area contributed by atoms with Gasteiger partial charge in [-0.25, -0.2) is 4.98 Å². The molecule has 0 unspecified atom stereocenters. The summed E-state index contributed by atoms with van der Waals surface area (Å²) in [5.74, 6) is 0.804. The number of hydrogen-bond acceptors (Lipinski definition) is 5. The third-order valence-corrected chi connectivity index (χ3v) is 4.72. The molecule has 1 aliphatic heterocycles. The highest BCUT2D eigenvalue weighted by Crippen LogP contribution is 2.32. The quantitative estimate of drug-likeness (QED) is 0.794. The minimum Gasteiger partial charge on any atom is -0.350 e. The van der Waals surface area contributed by atoms with Gasteiger partial charge in [0.1, 0.15) is 5.65 Å². The molecule has 0 saturated heterocycles. The van der Waals surface area contributed by atoms with E-state index < -0.39 is 0 Å². The fourth-order valence-corrected chi connectivity index (χ4v) is 3.50. The molecule has 3 rings (SSSR count). The van der Waals surface area contributed by atoms with Crippen LogP contribution in [0.4, 0.5) is 5.69 Å². The number of fused-ring (bicyclic) bond motifs is 1. The highest BCUT2D eigenvalue weighted by Gasteiger charge is 2.20. The van der Waals surface area contributed by atoms with Crippen LogP contribution in [-0.4, -0.2) is 40.8 Å². The molecule has 6 nitrogen and oxygen atoms in total. The number of hydrogen-bond donors (Lipinski definition) is 3. The first-order chi connectivity index (χ1) is 11.1. The van der Waals surface area contributed by atoms with Crippen LogP contribution < -0.4 is 16.0 Å². The van der Waals surface area contributed by atoms with Crippen molar-refractivity contribution >= 4 is 34.4 Å². The zero-order chi connectivity index (χ0) is 16.4. The normalized spacial score (nSPS) is 16.3. The third kappa shape index (κ3) is 3.35. The molecular weight excluding hydrogens is 310 g/mol. The van der Waals surface area contributed by atoms with Crippen LogP contribution in [-0.2, 0) is 4.79 Å². The van der Waals surface area contributed by atoms with Gasteiger partial charge in [0.15, 0.2) is 0 Å². The lowest BCUT2D eigenvalue weighted by Crippen LogP contribution is -2.37. The Balaban J connectivity index is 1.88. The van der Waals surface area contributed by atoms with Gasteiger partial charge in [0.05, 0.1) is 10.6 Å². The lowest BCUT2D eigenvalue weighted by atomic mass is 10.2. The van der Waals surface area contributed by atoms with Crippen LogP contribution in [0.15, 0.2) is 29.6 Å². The zero-order valence-corrected chi connectivity index (χ0v) is 14.1. The molecule has 0 aliphatic carbocycles. The average Bonchev–Trinajstić information content (AvgIpc) is 2.94. The molecule has 1 atom stereocenters. The lowest BCUT2D eigenvalue weighted by molar-refractivity contribution is -0.116. The summed E-state index contributed by atoms with van der Waals surface area (Å²) in [5.41, 5.74) is 8.79. The molecule has 0 bridgehead atoms. The topological polar surface area (TPSA) is 87.0 Å². The molecule has 0 radical (unpaired) electrons. The fraction of sp³-hybridized carbons (Fsp3) is 0.375. The Kier molecular flexibility index (Phi) is 4.58. The summed E-state index contributed by atoms with van der Waals surface area (Å²) in [5, 5.41) is 3.97. The second kappa shape index (κ2) is 6.64. The number of rotatable bonds is 4. The van der Waals surface area contributed by atoms with E-state index in [0.29, 0.717) is 6.54 Å². The Morgan fingerprint density at radius 1 is 1.61 bits per heavy atom. The van der Waals surface area contributed by atoms with Crippen molar-refractivity contribution in [3.63, 3.8) is 0 Å². The number of nitrogens with one attached hydrogen (secondary N) is 2. The lowest BCUT2D eigenvalue weighted by Gasteiger charge is -2.27. The van der Waals surface area contributed by atoms with E-state index >= 15 is 0 Å². The van der Waals surface area contributed by atoms with E-state index in [4.69, 9.17) is 5.73 Å². The van der Waals surface area contributed by atoms with Crippen molar-refractivity contribution in [1.82, 2.24) is 15.3 Å². The van der Waals surface area contributed by atoms with Crippen LogP contribution in [0.1, 0.15) is 12.5 Å². The summed E-state index contributed by atoms with van der Waals surface area (Å²) >= 11 is 1.58. The number of pyridine rings is 1. The molecule has 1 aliphatic rings. The van der Waals surface area contributed by atoms with Crippen LogP contribution in [0.3, 0.4) is 0 Å². The monoisotopic (exact) mass is 331 g/mol. The van der Waals surface area contributed by atoms with Crippen molar-refractivity contribution in [1.29, 1.82) is 0 Å². The number of anilines is 1. The predicted molar refractivity (Wildman–Crippen MR) is 95.4 cm³/mol. The van der Waals surface area contributed by atoms with Gasteiger partial charge in [-0.1, -0.05) is 0 Å². The summed E-state index contributed by atoms with van der Waals surface area (Å²) in [6, 6.07) is 1.94. The number of nitrogens with zero attached hydrogens (tertiary/aromatic N) is 2. The maximum absolute atomic E-state index is 12.3. The van der Waals surface area contributed by atoms with Gasteiger partial charge >= 0.3 is 0 Å². The number of carbonyl (C=O) groups excluding carboxylic acids is 1. The second-order valence-electron chi connectivity index (χ2n) is 5.75. The van der Waals surface area contributed by atoms with Crippen molar-refractivity contribution in [3.8, 4) is 0 Å². The molecule has 23 heavy (non-hydrogen) atoms. The van der Waals surface area contributed by atoms with Crippen molar-refractivity contribution in [2.24, 2.45) is 5.73 Å². The third-order valence-electron chi connectivity index (χ3n) is 3.73. The van der Waals surface area contributed by atoms with Crippen molar-refractivity contribution in [2.45, 2.75) is 19.9 Å². The molecule has 3 heterocycles. The molecule has 1 amide bonds. The summed E-state index contributed by atoms with van der Waals surface area (Å²) in [7, 11) is 0. The highest BCUT2D eigenvalue weighted by atomic mass is 32.2. The molecule has 7 heteroatoms. The van der Waals surface area contributed by atoms with Crippen LogP contribution in [0.5, 0.6) is 0 Å². The van der Waals surface area contributed by atoms with E-state index in [1.54, 1.807) is 18.0 Å². The number of aromatic nitrogens is 2. The number of aromatic amines is 1. The van der Waals surface area contributed by atoms with E-state index in [-0.39, 0.29) is 11.9 Å². The summed E-state index contributed by atoms with van der Waals surface area (Å²) in [6.07, 6.45) is 5.67. The number of H-pyrrole nitrogens is 1. The number of aryl methyl sites for hydroxylation is 1. The molecule has 2 aromatic rings. The Hall–Kier alpha value is -1.99. The van der Waals surface area contributed by atoms with Crippen molar-refractivity contribution < 1.29 is 4.79 Å². The summed E-state index contributed by atoms with van der Waals surface area (Å²) < 4.78 is 0. The number of thioether (sulfide) groups is 1. The second-order valence-corrected chi connectivity index (χ2v) is 6.88. The molecule has 4 N–H and O–H groups in total. The van der Waals surface area contributed by atoms with E-state index in [1.165, 1.54) is 0 Å². The molecule has 0 saturated carbocycles. The Bertz CT molecular complexity index is 752. The van der Waals surface area contributed by atoms with E-state index in [1.807, 2.05) is 25.4 Å². The number of amides is 1. The first-order valence-corrected chi connectivity index (χ1v) is 8.62. The minimum absolute atomic E-state index is 0.0495. The maximum atomic E-state index is 12.3. The molecule has 0 aromatic carbocycles. The van der Waals surface area contributed by atoms with Gasteiger partial charge in [-0.3, -0.25) is 4.79 Å². The van der Waals surface area contributed by atoms with Gasteiger partial charge < -0.3 is 20.9 Å². The van der Waals surface area contributed by atoms with Crippen LogP contribution in [0.2, 0.25) is 0 Å². The highest BCUT2D eigenvalue weighted by molar-refractivity contribution is 8.04. The van der Waals surface area contributed by atoms with E-state index in [9.17, 15) is 4.79 Å². The Morgan fingerprint density at radius 3 is 3.22 bits per heavy atom. The van der Waals surface area contributed by atoms with Crippen LogP contribution >= 0.6 is 11.8 Å². The van der Waals surface area contributed by atoms with E-state index in [2.05, 4.69) is 27.1 Å². The van der Waals surface area contributed by atoms with E-state index in [0.717, 1.165) is 39.5 Å². The van der Waals surface area contributed by atoms with Crippen molar-refractivity contribution in [3.05, 3.63) is 35.1 Å². The number of carbonyl (C=O) groups is 1. The van der Waals surface area contributed by atoms with Gasteiger partial charge in [0.2, 0.25) is 0 Å². The number of nitrogens with two attached hydrogens (primary N) is 1. The Morgan fingerprint density at radius 2 is 2.43 bits per heavy atom. The standard InChI is InChI=1S/C16H21N5OS/c1-10-7-19-15-14(10)12(3-4-18-15)21-5-6-23-13(9-21)16(22)20-8-11(2)17/h3-4,7,9,11H,5-6,8,17H2,1-2H3,(H,18,19)(H,20,22)/t11-/m1/s1. The largest absolute Gasteiger partial charge is 0.350 e. The molecule has 2 aromatic heterocycles. The predicted octanol–water partition coefficient (Wildman–Crippen LogP) is 1.73. The van der Waals surface area contributed by atoms with Crippen LogP contribution in [0.25, 0.3) is 11.0 Å². The van der Waals surface area contributed by atoms with Gasteiger partial charge in [-0.05, 0) is 25.5 Å². The molecule has 122 valence electrons. The van der Waals surface area contributed by atoms with Gasteiger partial charge in [-0.15, -0.1) is 11.8 Å². The van der Waals surface area contributed by atoms with Gasteiger partial charge in [0.25, 0.3) is 5.91 Å². The van der Waals surface area contributed by atoms with Crippen molar-refractivity contribution in [2.75, 3.05) is 23.7 Å². The summed E-state index contributed by atoms with van der Waals surface area (Å²) in [4.78, 5) is 22.6. The summed E-state index contributed by atoms with van der Waals surface area (Å²) in [6.45, 7) is 5.27. The SMILES string of the molecule is Cc1c[nH]c2nccc(N3C=C(C(=O)NC[C@@H](C)N)SCC3)c12. The van der Waals surface area contributed by atoms with Gasteiger partial charge in [0, 0.05) is 48.9 Å². The average molecular weight is 331 g/mol. The van der Waals surface area contributed by atoms with Gasteiger partial charge in [-0.2, -0.15) is 0 Å². The maximum Gasteiger partial charge on any atom is 0.259 e. The molecular formula is C16H21N5OS. The fourth-order valence-electron chi connectivity index (χ4n) is 2.59. The Labute approximate surface area is 139 Å². The first-order valence-electron chi connectivity index (χ1n) is 7.64. The minimum atomic E-state index is -0.0620. The first kappa shape index (κ1) is 15.9.